The average Bonchev–Trinajstić information content (AvgIpc) is 2.60. The second kappa shape index (κ2) is 5.05. The first-order valence-electron chi connectivity index (χ1n) is 5.72. The molecular formula is C13H16Cl2O2. The molecule has 0 aliphatic carbocycles. The fourth-order valence-corrected chi connectivity index (χ4v) is 2.30. The van der Waals surface area contributed by atoms with Crippen LogP contribution in [0.15, 0.2) is 18.2 Å². The second-order valence-electron chi connectivity index (χ2n) is 4.92. The minimum Gasteiger partial charge on any atom is -0.489 e. The second-order valence-corrected chi connectivity index (χ2v) is 5.77. The molecular weight excluding hydrogens is 259 g/mol. The zero-order valence-corrected chi connectivity index (χ0v) is 11.5. The van der Waals surface area contributed by atoms with E-state index >= 15 is 0 Å². The summed E-state index contributed by atoms with van der Waals surface area (Å²) in [5, 5.41) is 1.20. The van der Waals surface area contributed by atoms with Crippen LogP contribution in [0.5, 0.6) is 5.75 Å². The normalized spacial score (nSPS) is 22.7. The van der Waals surface area contributed by atoms with Gasteiger partial charge in [-0.2, -0.15) is 0 Å². The smallest absolute Gasteiger partial charge is 0.139 e. The highest BCUT2D eigenvalue weighted by atomic mass is 35.5. The van der Waals surface area contributed by atoms with E-state index < -0.39 is 0 Å². The van der Waals surface area contributed by atoms with Gasteiger partial charge in [-0.1, -0.05) is 23.2 Å². The lowest BCUT2D eigenvalue weighted by Gasteiger charge is -2.19. The predicted molar refractivity (Wildman–Crippen MR) is 70.1 cm³/mol. The van der Waals surface area contributed by atoms with E-state index in [1.54, 1.807) is 18.2 Å². The van der Waals surface area contributed by atoms with Crippen LogP contribution in [0.2, 0.25) is 10.0 Å². The van der Waals surface area contributed by atoms with E-state index in [0.717, 1.165) is 12.8 Å². The summed E-state index contributed by atoms with van der Waals surface area (Å²) < 4.78 is 11.5. The third-order valence-electron chi connectivity index (χ3n) is 2.87. The Morgan fingerprint density at radius 2 is 2.18 bits per heavy atom. The molecule has 0 N–H and O–H groups in total. The van der Waals surface area contributed by atoms with Crippen molar-refractivity contribution in [3.8, 4) is 5.75 Å². The van der Waals surface area contributed by atoms with Gasteiger partial charge in [0.2, 0.25) is 0 Å². The van der Waals surface area contributed by atoms with E-state index in [2.05, 4.69) is 13.8 Å². The highest BCUT2D eigenvalue weighted by Gasteiger charge is 2.31. The molecule has 1 aliphatic rings. The maximum absolute atomic E-state index is 6.01. The zero-order valence-electron chi connectivity index (χ0n) is 10.0. The maximum atomic E-state index is 6.01. The van der Waals surface area contributed by atoms with E-state index in [1.807, 2.05) is 0 Å². The van der Waals surface area contributed by atoms with Gasteiger partial charge in [-0.05, 0) is 38.8 Å². The molecule has 1 fully saturated rings. The highest BCUT2D eigenvalue weighted by Crippen LogP contribution is 2.31. The van der Waals surface area contributed by atoms with Gasteiger partial charge in [0.15, 0.2) is 0 Å². The number of hydrogen-bond donors (Lipinski definition) is 0. The number of ether oxygens (including phenoxy) is 2. The monoisotopic (exact) mass is 274 g/mol. The summed E-state index contributed by atoms with van der Waals surface area (Å²) in [7, 11) is 0. The number of rotatable bonds is 3. The molecule has 1 heterocycles. The van der Waals surface area contributed by atoms with Crippen LogP contribution in [-0.4, -0.2) is 18.3 Å². The molecule has 4 heteroatoms. The molecule has 1 aliphatic heterocycles. The Labute approximate surface area is 112 Å². The van der Waals surface area contributed by atoms with Crippen molar-refractivity contribution in [2.75, 3.05) is 6.61 Å². The zero-order chi connectivity index (χ0) is 12.5. The van der Waals surface area contributed by atoms with Gasteiger partial charge in [0.25, 0.3) is 0 Å². The minimum absolute atomic E-state index is 0.0356. The Kier molecular flexibility index (Phi) is 3.86. The number of benzene rings is 1. The third-order valence-corrected chi connectivity index (χ3v) is 3.42. The van der Waals surface area contributed by atoms with Crippen molar-refractivity contribution in [1.82, 2.24) is 0 Å². The molecule has 1 aromatic rings. The minimum atomic E-state index is -0.0356. The molecule has 0 amide bonds. The average molecular weight is 275 g/mol. The summed E-state index contributed by atoms with van der Waals surface area (Å²) >= 11 is 11.9. The molecule has 1 saturated heterocycles. The van der Waals surface area contributed by atoms with Crippen molar-refractivity contribution < 1.29 is 9.47 Å². The van der Waals surface area contributed by atoms with Crippen LogP contribution in [-0.2, 0) is 4.74 Å². The van der Waals surface area contributed by atoms with Crippen molar-refractivity contribution in [3.63, 3.8) is 0 Å². The molecule has 0 aromatic heterocycles. The van der Waals surface area contributed by atoms with Gasteiger partial charge in [0, 0.05) is 11.1 Å². The summed E-state index contributed by atoms with van der Waals surface area (Å²) in [6, 6.07) is 5.20. The molecule has 1 aromatic carbocycles. The molecule has 17 heavy (non-hydrogen) atoms. The Balaban J connectivity index is 1.92. The van der Waals surface area contributed by atoms with Crippen LogP contribution in [0, 0.1) is 0 Å². The van der Waals surface area contributed by atoms with Gasteiger partial charge in [0.05, 0.1) is 16.7 Å². The fraction of sp³-hybridized carbons (Fsp3) is 0.538. The Bertz CT molecular complexity index is 404. The molecule has 0 spiro atoms. The first-order chi connectivity index (χ1) is 7.96. The summed E-state index contributed by atoms with van der Waals surface area (Å²) in [4.78, 5) is 0. The lowest BCUT2D eigenvalue weighted by atomic mass is 10.1. The van der Waals surface area contributed by atoms with Gasteiger partial charge in [-0.3, -0.25) is 0 Å². The van der Waals surface area contributed by atoms with Crippen LogP contribution in [0.4, 0.5) is 0 Å². The molecule has 94 valence electrons. The van der Waals surface area contributed by atoms with Crippen LogP contribution in [0.1, 0.15) is 26.7 Å². The Hall–Kier alpha value is -0.440. The van der Waals surface area contributed by atoms with E-state index in [0.29, 0.717) is 22.4 Å². The van der Waals surface area contributed by atoms with Gasteiger partial charge >= 0.3 is 0 Å². The van der Waals surface area contributed by atoms with Gasteiger partial charge < -0.3 is 9.47 Å². The standard InChI is InChI=1S/C13H16Cl2O2/c1-13(2)6-5-10(17-13)8-16-12-7-9(14)3-4-11(12)15/h3-4,7,10H,5-6,8H2,1-2H3. The maximum Gasteiger partial charge on any atom is 0.139 e. The summed E-state index contributed by atoms with van der Waals surface area (Å²) in [6.07, 6.45) is 2.22. The van der Waals surface area contributed by atoms with Crippen LogP contribution >= 0.6 is 23.2 Å². The van der Waals surface area contributed by atoms with Gasteiger partial charge in [-0.25, -0.2) is 0 Å². The van der Waals surface area contributed by atoms with Crippen molar-refractivity contribution >= 4 is 23.2 Å². The van der Waals surface area contributed by atoms with Crippen LogP contribution in [0.25, 0.3) is 0 Å². The van der Waals surface area contributed by atoms with E-state index in [4.69, 9.17) is 32.7 Å². The molecule has 2 rings (SSSR count). The lowest BCUT2D eigenvalue weighted by Crippen LogP contribution is -2.23. The largest absolute Gasteiger partial charge is 0.489 e. The van der Waals surface area contributed by atoms with Crippen LogP contribution in [0.3, 0.4) is 0 Å². The SMILES string of the molecule is CC1(C)CCC(COc2cc(Cl)ccc2Cl)O1. The van der Waals surface area contributed by atoms with Crippen molar-refractivity contribution in [2.45, 2.75) is 38.4 Å². The third kappa shape index (κ3) is 3.51. The molecule has 1 unspecified atom stereocenters. The lowest BCUT2D eigenvalue weighted by molar-refractivity contribution is -0.0326. The van der Waals surface area contributed by atoms with Crippen LogP contribution < -0.4 is 4.74 Å². The summed E-state index contributed by atoms with van der Waals surface area (Å²) in [5.74, 6) is 0.618. The summed E-state index contributed by atoms with van der Waals surface area (Å²) in [6.45, 7) is 4.71. The molecule has 0 radical (unpaired) electrons. The van der Waals surface area contributed by atoms with E-state index in [9.17, 15) is 0 Å². The molecule has 0 saturated carbocycles. The molecule has 2 nitrogen and oxygen atoms in total. The Morgan fingerprint density at radius 1 is 1.41 bits per heavy atom. The predicted octanol–water partition coefficient (Wildman–Crippen LogP) is 4.33. The van der Waals surface area contributed by atoms with Gasteiger partial charge in [0.1, 0.15) is 12.4 Å². The van der Waals surface area contributed by atoms with Crippen molar-refractivity contribution in [1.29, 1.82) is 0 Å². The van der Waals surface area contributed by atoms with Gasteiger partial charge in [-0.15, -0.1) is 0 Å². The first kappa shape index (κ1) is 13.0. The topological polar surface area (TPSA) is 18.5 Å². The summed E-state index contributed by atoms with van der Waals surface area (Å²) in [5.41, 5.74) is -0.0356. The molecule has 1 atom stereocenters. The van der Waals surface area contributed by atoms with Crippen molar-refractivity contribution in [3.05, 3.63) is 28.2 Å². The first-order valence-corrected chi connectivity index (χ1v) is 6.47. The van der Waals surface area contributed by atoms with E-state index in [1.165, 1.54) is 0 Å². The fourth-order valence-electron chi connectivity index (χ4n) is 1.97. The number of hydrogen-bond acceptors (Lipinski definition) is 2. The van der Waals surface area contributed by atoms with E-state index in [-0.39, 0.29) is 11.7 Å². The number of halogens is 2. The van der Waals surface area contributed by atoms with Crippen molar-refractivity contribution in [2.24, 2.45) is 0 Å². The quantitative estimate of drug-likeness (QED) is 0.817. The Morgan fingerprint density at radius 3 is 2.82 bits per heavy atom. The molecule has 0 bridgehead atoms. The highest BCUT2D eigenvalue weighted by molar-refractivity contribution is 6.34.